The van der Waals surface area contributed by atoms with Crippen LogP contribution < -0.4 is 5.32 Å². The van der Waals surface area contributed by atoms with Crippen LogP contribution in [0.25, 0.3) is 0 Å². The first kappa shape index (κ1) is 11.9. The molecule has 1 aromatic heterocycles. The van der Waals surface area contributed by atoms with Crippen molar-refractivity contribution in [1.29, 1.82) is 5.26 Å². The Morgan fingerprint density at radius 3 is 3.12 bits per heavy atom. The topological polar surface area (TPSA) is 52.0 Å². The number of rotatable bonds is 2. The van der Waals surface area contributed by atoms with Crippen LogP contribution >= 0.6 is 0 Å². The molecule has 2 atom stereocenters. The molecule has 0 amide bonds. The average molecular weight is 230 g/mol. The summed E-state index contributed by atoms with van der Waals surface area (Å²) in [6, 6.07) is 6.94. The highest BCUT2D eigenvalue weighted by Crippen LogP contribution is 2.20. The number of aromatic nitrogens is 1. The number of hydrogen-bond donors (Lipinski definition) is 1. The molecule has 4 heteroatoms. The molecular formula is C13H18N4. The van der Waals surface area contributed by atoms with Gasteiger partial charge in [-0.2, -0.15) is 5.26 Å². The van der Waals surface area contributed by atoms with Gasteiger partial charge in [0.25, 0.3) is 0 Å². The van der Waals surface area contributed by atoms with Crippen molar-refractivity contribution < 1.29 is 0 Å². The third kappa shape index (κ3) is 2.75. The lowest BCUT2D eigenvalue weighted by molar-refractivity contribution is 0.190. The zero-order valence-electron chi connectivity index (χ0n) is 10.3. The Kier molecular flexibility index (Phi) is 3.60. The number of hydrogen-bond acceptors (Lipinski definition) is 4. The van der Waals surface area contributed by atoms with Gasteiger partial charge in [0.2, 0.25) is 0 Å². The van der Waals surface area contributed by atoms with E-state index < -0.39 is 0 Å². The summed E-state index contributed by atoms with van der Waals surface area (Å²) in [4.78, 5) is 6.43. The first-order chi connectivity index (χ1) is 8.20. The lowest BCUT2D eigenvalue weighted by Crippen LogP contribution is -2.42. The molecule has 1 aliphatic heterocycles. The minimum absolute atomic E-state index is 0.442. The summed E-state index contributed by atoms with van der Waals surface area (Å²) >= 11 is 0. The standard InChI is InChI=1S/C13H18N4/c1-10-8-11(5-7-17(10)2)16-12-4-3-6-15-13(12)9-14/h3-4,6,10-11,16H,5,7-8H2,1-2H3. The summed E-state index contributed by atoms with van der Waals surface area (Å²) in [5.74, 6) is 0. The van der Waals surface area contributed by atoms with Gasteiger partial charge in [-0.3, -0.25) is 0 Å². The van der Waals surface area contributed by atoms with E-state index in [1.54, 1.807) is 6.20 Å². The second-order valence-electron chi connectivity index (χ2n) is 4.71. The molecule has 0 bridgehead atoms. The highest BCUT2D eigenvalue weighted by molar-refractivity contribution is 5.53. The summed E-state index contributed by atoms with van der Waals surface area (Å²) in [6.07, 6.45) is 3.87. The van der Waals surface area contributed by atoms with Crippen molar-refractivity contribution in [1.82, 2.24) is 9.88 Å². The van der Waals surface area contributed by atoms with E-state index in [9.17, 15) is 0 Å². The van der Waals surface area contributed by atoms with Crippen LogP contribution in [0.15, 0.2) is 18.3 Å². The number of nitrogens with zero attached hydrogens (tertiary/aromatic N) is 3. The fourth-order valence-corrected chi connectivity index (χ4v) is 2.25. The number of anilines is 1. The van der Waals surface area contributed by atoms with Gasteiger partial charge in [-0.05, 0) is 38.9 Å². The van der Waals surface area contributed by atoms with Crippen LogP contribution in [0.5, 0.6) is 0 Å². The first-order valence-corrected chi connectivity index (χ1v) is 6.02. The number of nitrogens with one attached hydrogen (secondary N) is 1. The maximum Gasteiger partial charge on any atom is 0.163 e. The molecule has 1 N–H and O–H groups in total. The number of nitriles is 1. The van der Waals surface area contributed by atoms with Crippen LogP contribution in [0.2, 0.25) is 0 Å². The van der Waals surface area contributed by atoms with Gasteiger partial charge in [-0.1, -0.05) is 0 Å². The van der Waals surface area contributed by atoms with Crippen molar-refractivity contribution in [2.75, 3.05) is 18.9 Å². The molecule has 4 nitrogen and oxygen atoms in total. The summed E-state index contributed by atoms with van der Waals surface area (Å²) in [5, 5.41) is 12.4. The molecule has 1 aromatic rings. The van der Waals surface area contributed by atoms with Gasteiger partial charge in [-0.15, -0.1) is 0 Å². The summed E-state index contributed by atoms with van der Waals surface area (Å²) in [5.41, 5.74) is 1.34. The SMILES string of the molecule is CC1CC(Nc2cccnc2C#N)CCN1C. The van der Waals surface area contributed by atoms with E-state index in [4.69, 9.17) is 5.26 Å². The second kappa shape index (κ2) is 5.15. The lowest BCUT2D eigenvalue weighted by Gasteiger charge is -2.35. The predicted molar refractivity (Wildman–Crippen MR) is 67.7 cm³/mol. The summed E-state index contributed by atoms with van der Waals surface area (Å²) in [7, 11) is 2.16. The average Bonchev–Trinajstić information content (AvgIpc) is 2.34. The van der Waals surface area contributed by atoms with Gasteiger partial charge in [0.15, 0.2) is 5.69 Å². The maximum atomic E-state index is 8.98. The molecule has 1 saturated heterocycles. The van der Waals surface area contributed by atoms with Gasteiger partial charge in [0.05, 0.1) is 5.69 Å². The van der Waals surface area contributed by atoms with E-state index in [2.05, 4.69) is 35.2 Å². The largest absolute Gasteiger partial charge is 0.380 e. The Morgan fingerprint density at radius 1 is 1.59 bits per heavy atom. The Hall–Kier alpha value is -1.60. The van der Waals surface area contributed by atoms with Gasteiger partial charge in [0.1, 0.15) is 6.07 Å². The highest BCUT2D eigenvalue weighted by atomic mass is 15.1. The number of piperidine rings is 1. The molecular weight excluding hydrogens is 212 g/mol. The molecule has 0 spiro atoms. The van der Waals surface area contributed by atoms with Crippen molar-refractivity contribution in [2.24, 2.45) is 0 Å². The molecule has 0 aromatic carbocycles. The van der Waals surface area contributed by atoms with E-state index in [1.165, 1.54) is 0 Å². The second-order valence-corrected chi connectivity index (χ2v) is 4.71. The lowest BCUT2D eigenvalue weighted by atomic mass is 9.98. The van der Waals surface area contributed by atoms with Crippen molar-refractivity contribution in [2.45, 2.75) is 31.8 Å². The normalized spacial score (nSPS) is 25.2. The zero-order valence-corrected chi connectivity index (χ0v) is 10.3. The minimum Gasteiger partial charge on any atom is -0.380 e. The van der Waals surface area contributed by atoms with Crippen LogP contribution in [0.1, 0.15) is 25.5 Å². The zero-order chi connectivity index (χ0) is 12.3. The van der Waals surface area contributed by atoms with Gasteiger partial charge in [0, 0.05) is 24.8 Å². The molecule has 2 heterocycles. The van der Waals surface area contributed by atoms with Crippen LogP contribution in [0.3, 0.4) is 0 Å². The van der Waals surface area contributed by atoms with E-state index in [0.717, 1.165) is 25.1 Å². The molecule has 2 rings (SSSR count). The monoisotopic (exact) mass is 230 g/mol. The van der Waals surface area contributed by atoms with Crippen molar-refractivity contribution in [3.63, 3.8) is 0 Å². The molecule has 0 radical (unpaired) electrons. The fourth-order valence-electron chi connectivity index (χ4n) is 2.25. The molecule has 1 aliphatic rings. The van der Waals surface area contributed by atoms with E-state index in [-0.39, 0.29) is 0 Å². The van der Waals surface area contributed by atoms with Gasteiger partial charge in [-0.25, -0.2) is 4.98 Å². The Balaban J connectivity index is 2.04. The Labute approximate surface area is 102 Å². The van der Waals surface area contributed by atoms with E-state index in [1.807, 2.05) is 12.1 Å². The summed E-state index contributed by atoms with van der Waals surface area (Å²) < 4.78 is 0. The number of pyridine rings is 1. The minimum atomic E-state index is 0.442. The third-order valence-electron chi connectivity index (χ3n) is 3.48. The van der Waals surface area contributed by atoms with Gasteiger partial charge >= 0.3 is 0 Å². The third-order valence-corrected chi connectivity index (χ3v) is 3.48. The Morgan fingerprint density at radius 2 is 2.41 bits per heavy atom. The Bertz CT molecular complexity index is 424. The van der Waals surface area contributed by atoms with Crippen LogP contribution in [-0.2, 0) is 0 Å². The van der Waals surface area contributed by atoms with E-state index in [0.29, 0.717) is 17.8 Å². The fraction of sp³-hybridized carbons (Fsp3) is 0.538. The van der Waals surface area contributed by atoms with Crippen LogP contribution in [0, 0.1) is 11.3 Å². The van der Waals surface area contributed by atoms with Crippen molar-refractivity contribution >= 4 is 5.69 Å². The summed E-state index contributed by atoms with van der Waals surface area (Å²) in [6.45, 7) is 3.34. The molecule has 1 fully saturated rings. The quantitative estimate of drug-likeness (QED) is 0.842. The van der Waals surface area contributed by atoms with Crippen molar-refractivity contribution in [3.8, 4) is 6.07 Å². The van der Waals surface area contributed by atoms with E-state index >= 15 is 0 Å². The van der Waals surface area contributed by atoms with Gasteiger partial charge < -0.3 is 10.2 Å². The molecule has 17 heavy (non-hydrogen) atoms. The number of likely N-dealkylation sites (tertiary alicyclic amines) is 1. The molecule has 0 aliphatic carbocycles. The first-order valence-electron chi connectivity index (χ1n) is 6.02. The molecule has 90 valence electrons. The molecule has 0 saturated carbocycles. The maximum absolute atomic E-state index is 8.98. The van der Waals surface area contributed by atoms with Crippen LogP contribution in [-0.4, -0.2) is 35.6 Å². The smallest absolute Gasteiger partial charge is 0.163 e. The van der Waals surface area contributed by atoms with Crippen molar-refractivity contribution in [3.05, 3.63) is 24.0 Å². The molecule has 2 unspecified atom stereocenters. The van der Waals surface area contributed by atoms with Crippen LogP contribution in [0.4, 0.5) is 5.69 Å². The predicted octanol–water partition coefficient (Wildman–Crippen LogP) is 1.85. The highest BCUT2D eigenvalue weighted by Gasteiger charge is 2.23.